The highest BCUT2D eigenvalue weighted by Gasteiger charge is 2.13. The zero-order chi connectivity index (χ0) is 14.5. The Morgan fingerprint density at radius 3 is 2.85 bits per heavy atom. The molecule has 2 aromatic rings. The van der Waals surface area contributed by atoms with Crippen LogP contribution in [0.2, 0.25) is 5.02 Å². The first-order chi connectivity index (χ1) is 9.58. The second-order valence-corrected chi connectivity index (χ2v) is 4.35. The van der Waals surface area contributed by atoms with Crippen molar-refractivity contribution < 1.29 is 4.92 Å². The first-order valence-corrected chi connectivity index (χ1v) is 6.11. The van der Waals surface area contributed by atoms with Crippen molar-refractivity contribution in [2.75, 3.05) is 5.43 Å². The zero-order valence-electron chi connectivity index (χ0n) is 10.6. The van der Waals surface area contributed by atoms with E-state index < -0.39 is 4.92 Å². The molecule has 0 atom stereocenters. The third kappa shape index (κ3) is 3.30. The molecule has 7 heteroatoms. The van der Waals surface area contributed by atoms with Crippen LogP contribution in [0.5, 0.6) is 0 Å². The quantitative estimate of drug-likeness (QED) is 0.531. The fourth-order valence-corrected chi connectivity index (χ4v) is 1.70. The van der Waals surface area contributed by atoms with Gasteiger partial charge in [0, 0.05) is 17.8 Å². The number of hydrazone groups is 1. The molecule has 6 nitrogen and oxygen atoms in total. The molecule has 0 saturated heterocycles. The van der Waals surface area contributed by atoms with E-state index in [1.807, 2.05) is 6.07 Å². The van der Waals surface area contributed by atoms with Gasteiger partial charge in [-0.05, 0) is 25.1 Å². The van der Waals surface area contributed by atoms with Crippen molar-refractivity contribution in [3.63, 3.8) is 0 Å². The molecule has 0 saturated carbocycles. The Kier molecular flexibility index (Phi) is 4.27. The molecule has 1 heterocycles. The van der Waals surface area contributed by atoms with Gasteiger partial charge < -0.3 is 0 Å². The first kappa shape index (κ1) is 14.0. The number of nitrogens with one attached hydrogen (secondary N) is 1. The van der Waals surface area contributed by atoms with Gasteiger partial charge in [0.2, 0.25) is 0 Å². The van der Waals surface area contributed by atoms with Crippen molar-refractivity contribution >= 4 is 28.8 Å². The number of nitro benzene ring substituents is 1. The molecule has 2 rings (SSSR count). The average molecular weight is 291 g/mol. The van der Waals surface area contributed by atoms with Gasteiger partial charge in [-0.3, -0.25) is 15.5 Å². The molecule has 0 spiro atoms. The Hall–Kier alpha value is -2.47. The summed E-state index contributed by atoms with van der Waals surface area (Å²) in [5.41, 5.74) is 3.85. The molecule has 20 heavy (non-hydrogen) atoms. The van der Waals surface area contributed by atoms with Crippen LogP contribution in [0.3, 0.4) is 0 Å². The van der Waals surface area contributed by atoms with Gasteiger partial charge >= 0.3 is 0 Å². The second-order valence-electron chi connectivity index (χ2n) is 3.95. The number of hydrogen-bond acceptors (Lipinski definition) is 5. The molecular formula is C13H11ClN4O2. The lowest BCUT2D eigenvalue weighted by molar-refractivity contribution is -0.384. The van der Waals surface area contributed by atoms with Crippen molar-refractivity contribution in [3.8, 4) is 0 Å². The van der Waals surface area contributed by atoms with E-state index >= 15 is 0 Å². The smallest absolute Gasteiger partial charge is 0.261 e. The lowest BCUT2D eigenvalue weighted by atomic mass is 10.1. The molecule has 0 bridgehead atoms. The first-order valence-electron chi connectivity index (χ1n) is 5.73. The number of hydrogen-bond donors (Lipinski definition) is 1. The predicted octanol–water partition coefficient (Wildman–Crippen LogP) is 3.48. The van der Waals surface area contributed by atoms with E-state index in [4.69, 9.17) is 11.6 Å². The lowest BCUT2D eigenvalue weighted by Crippen LogP contribution is -2.01. The van der Waals surface area contributed by atoms with Crippen LogP contribution in [-0.4, -0.2) is 15.6 Å². The van der Waals surface area contributed by atoms with Crippen molar-refractivity contribution in [1.82, 2.24) is 4.98 Å². The van der Waals surface area contributed by atoms with E-state index in [-0.39, 0.29) is 10.7 Å². The summed E-state index contributed by atoms with van der Waals surface area (Å²) in [6.07, 6.45) is 1.64. The van der Waals surface area contributed by atoms with Crippen molar-refractivity contribution in [2.24, 2.45) is 5.10 Å². The van der Waals surface area contributed by atoms with Gasteiger partial charge in [0.05, 0.1) is 10.6 Å². The van der Waals surface area contributed by atoms with Gasteiger partial charge in [-0.15, -0.1) is 0 Å². The van der Waals surface area contributed by atoms with Crippen molar-refractivity contribution in [3.05, 3.63) is 63.3 Å². The third-order valence-corrected chi connectivity index (χ3v) is 2.88. The summed E-state index contributed by atoms with van der Waals surface area (Å²) < 4.78 is 0. The maximum atomic E-state index is 10.8. The zero-order valence-corrected chi connectivity index (χ0v) is 11.3. The minimum absolute atomic E-state index is 0.101. The highest BCUT2D eigenvalue weighted by atomic mass is 35.5. The van der Waals surface area contributed by atoms with E-state index in [9.17, 15) is 10.1 Å². The molecule has 0 aliphatic carbocycles. The van der Waals surface area contributed by atoms with E-state index in [2.05, 4.69) is 15.5 Å². The lowest BCUT2D eigenvalue weighted by Gasteiger charge is -2.03. The number of aromatic nitrogens is 1. The SMILES string of the molecule is C/C(=N\Nc1ccccn1)c1ccc(Cl)c([N+](=O)[O-])c1. The van der Waals surface area contributed by atoms with Gasteiger partial charge in [0.25, 0.3) is 5.69 Å². The second kappa shape index (κ2) is 6.12. The van der Waals surface area contributed by atoms with Gasteiger partial charge in [0.1, 0.15) is 10.8 Å². The molecule has 0 unspecified atom stereocenters. The van der Waals surface area contributed by atoms with Crippen LogP contribution >= 0.6 is 11.6 Å². The molecule has 0 fully saturated rings. The van der Waals surface area contributed by atoms with Crippen LogP contribution in [0.1, 0.15) is 12.5 Å². The van der Waals surface area contributed by atoms with Crippen LogP contribution in [0, 0.1) is 10.1 Å². The average Bonchev–Trinajstić information content (AvgIpc) is 2.46. The molecule has 0 radical (unpaired) electrons. The summed E-state index contributed by atoms with van der Waals surface area (Å²) in [7, 11) is 0. The van der Waals surface area contributed by atoms with Crippen LogP contribution in [0.4, 0.5) is 11.5 Å². The van der Waals surface area contributed by atoms with Gasteiger partial charge in [-0.1, -0.05) is 23.7 Å². The van der Waals surface area contributed by atoms with Crippen molar-refractivity contribution in [1.29, 1.82) is 0 Å². The highest BCUT2D eigenvalue weighted by Crippen LogP contribution is 2.25. The molecule has 0 aliphatic rings. The van der Waals surface area contributed by atoms with Crippen molar-refractivity contribution in [2.45, 2.75) is 6.92 Å². The van der Waals surface area contributed by atoms with Crippen LogP contribution in [0.15, 0.2) is 47.7 Å². The summed E-state index contributed by atoms with van der Waals surface area (Å²) in [5.74, 6) is 0.593. The molecular weight excluding hydrogens is 280 g/mol. The van der Waals surface area contributed by atoms with Crippen LogP contribution in [0.25, 0.3) is 0 Å². The van der Waals surface area contributed by atoms with E-state index in [0.717, 1.165) is 0 Å². The summed E-state index contributed by atoms with van der Waals surface area (Å²) in [6.45, 7) is 1.74. The Balaban J connectivity index is 2.23. The van der Waals surface area contributed by atoms with Gasteiger partial charge in [0.15, 0.2) is 0 Å². The molecule has 0 amide bonds. The van der Waals surface area contributed by atoms with E-state index in [1.165, 1.54) is 12.1 Å². The largest absolute Gasteiger partial charge is 0.288 e. The fourth-order valence-electron chi connectivity index (χ4n) is 1.51. The molecule has 1 aromatic heterocycles. The number of anilines is 1. The van der Waals surface area contributed by atoms with E-state index in [1.54, 1.807) is 31.3 Å². The maximum absolute atomic E-state index is 10.8. The molecule has 102 valence electrons. The molecule has 1 aromatic carbocycles. The predicted molar refractivity (Wildman–Crippen MR) is 78.2 cm³/mol. The summed E-state index contributed by atoms with van der Waals surface area (Å²) >= 11 is 5.76. The van der Waals surface area contributed by atoms with Gasteiger partial charge in [-0.2, -0.15) is 5.10 Å². The maximum Gasteiger partial charge on any atom is 0.288 e. The third-order valence-electron chi connectivity index (χ3n) is 2.56. The minimum Gasteiger partial charge on any atom is -0.261 e. The molecule has 0 aliphatic heterocycles. The van der Waals surface area contributed by atoms with E-state index in [0.29, 0.717) is 17.1 Å². The number of halogens is 1. The number of pyridine rings is 1. The summed E-state index contributed by atoms with van der Waals surface area (Å²) in [4.78, 5) is 14.4. The van der Waals surface area contributed by atoms with Crippen LogP contribution < -0.4 is 5.43 Å². The fraction of sp³-hybridized carbons (Fsp3) is 0.0769. The minimum atomic E-state index is -0.523. The van der Waals surface area contributed by atoms with Gasteiger partial charge in [-0.25, -0.2) is 4.98 Å². The summed E-state index contributed by atoms with van der Waals surface area (Å²) in [6, 6.07) is 9.93. The van der Waals surface area contributed by atoms with Crippen LogP contribution in [-0.2, 0) is 0 Å². The Bertz CT molecular complexity index is 659. The standard InChI is InChI=1S/C13H11ClN4O2/c1-9(16-17-13-4-2-3-7-15-13)10-5-6-11(14)12(8-10)18(19)20/h2-8H,1H3,(H,15,17)/b16-9+. The molecule has 1 N–H and O–H groups in total. The monoisotopic (exact) mass is 290 g/mol. The normalized spacial score (nSPS) is 11.2. The highest BCUT2D eigenvalue weighted by molar-refractivity contribution is 6.32. The Morgan fingerprint density at radius 1 is 1.40 bits per heavy atom. The summed E-state index contributed by atoms with van der Waals surface area (Å²) in [5, 5.41) is 15.1. The number of nitrogens with zero attached hydrogens (tertiary/aromatic N) is 3. The number of rotatable bonds is 4. The topological polar surface area (TPSA) is 80.4 Å². The number of nitro groups is 1. The Morgan fingerprint density at radius 2 is 2.20 bits per heavy atom. The number of benzene rings is 1. The Labute approximate surface area is 120 Å².